The molecule has 0 heterocycles. The van der Waals surface area contributed by atoms with E-state index in [4.69, 9.17) is 5.11 Å². The number of nitrogens with one attached hydrogen (secondary N) is 1. The number of carboxylic acids is 1. The fraction of sp³-hybridized carbons (Fsp3) is 0.500. The van der Waals surface area contributed by atoms with Gasteiger partial charge in [-0.3, -0.25) is 9.59 Å². The molecule has 0 saturated carbocycles. The molecule has 6 heteroatoms. The second-order valence-corrected chi connectivity index (χ2v) is 5.76. The van der Waals surface area contributed by atoms with Gasteiger partial charge in [0, 0.05) is 31.6 Å². The fourth-order valence-electron chi connectivity index (χ4n) is 2.43. The summed E-state index contributed by atoms with van der Waals surface area (Å²) in [5, 5.41) is 11.7. The first-order valence-corrected chi connectivity index (χ1v) is 8.30. The van der Waals surface area contributed by atoms with Crippen LogP contribution in [0.4, 0.5) is 5.69 Å². The first-order valence-electron chi connectivity index (χ1n) is 8.30. The average Bonchev–Trinajstić information content (AvgIpc) is 2.54. The lowest BCUT2D eigenvalue weighted by molar-refractivity contribution is -0.132. The number of amides is 2. The number of rotatable bonds is 9. The maximum atomic E-state index is 12.1. The van der Waals surface area contributed by atoms with Crippen LogP contribution in [0, 0.1) is 6.92 Å². The van der Waals surface area contributed by atoms with Gasteiger partial charge in [0.15, 0.2) is 0 Å². The van der Waals surface area contributed by atoms with E-state index in [1.807, 2.05) is 13.8 Å². The van der Waals surface area contributed by atoms with Crippen LogP contribution in [0.25, 0.3) is 0 Å². The van der Waals surface area contributed by atoms with E-state index in [1.54, 1.807) is 24.0 Å². The minimum Gasteiger partial charge on any atom is -0.478 e. The third-order valence-electron chi connectivity index (χ3n) is 3.66. The first kappa shape index (κ1) is 19.7. The Hall–Kier alpha value is -2.37. The van der Waals surface area contributed by atoms with E-state index in [2.05, 4.69) is 5.32 Å². The fourth-order valence-corrected chi connectivity index (χ4v) is 2.43. The van der Waals surface area contributed by atoms with Crippen molar-refractivity contribution < 1.29 is 19.5 Å². The Labute approximate surface area is 142 Å². The number of aromatic carboxylic acids is 1. The quantitative estimate of drug-likeness (QED) is 0.726. The van der Waals surface area contributed by atoms with Gasteiger partial charge in [0.05, 0.1) is 5.56 Å². The summed E-state index contributed by atoms with van der Waals surface area (Å²) in [6.45, 7) is 7.13. The van der Waals surface area contributed by atoms with Gasteiger partial charge in [0.1, 0.15) is 0 Å². The van der Waals surface area contributed by atoms with Crippen LogP contribution in [-0.4, -0.2) is 40.9 Å². The van der Waals surface area contributed by atoms with Gasteiger partial charge in [0.2, 0.25) is 11.8 Å². The molecule has 0 aliphatic rings. The van der Waals surface area contributed by atoms with Crippen LogP contribution in [0.2, 0.25) is 0 Å². The van der Waals surface area contributed by atoms with Crippen molar-refractivity contribution >= 4 is 23.5 Å². The Morgan fingerprint density at radius 3 is 2.25 bits per heavy atom. The third kappa shape index (κ3) is 6.02. The molecule has 2 N–H and O–H groups in total. The molecule has 0 bridgehead atoms. The molecule has 24 heavy (non-hydrogen) atoms. The molecule has 1 aromatic rings. The van der Waals surface area contributed by atoms with Gasteiger partial charge in [-0.2, -0.15) is 0 Å². The zero-order valence-corrected chi connectivity index (χ0v) is 14.6. The highest BCUT2D eigenvalue weighted by Gasteiger charge is 2.14. The zero-order valence-electron chi connectivity index (χ0n) is 14.6. The van der Waals surface area contributed by atoms with Crippen molar-refractivity contribution in [2.75, 3.05) is 18.4 Å². The van der Waals surface area contributed by atoms with Crippen LogP contribution < -0.4 is 5.32 Å². The van der Waals surface area contributed by atoms with Crippen molar-refractivity contribution in [3.63, 3.8) is 0 Å². The topological polar surface area (TPSA) is 86.7 Å². The number of carbonyl (C=O) groups excluding carboxylic acids is 2. The predicted molar refractivity (Wildman–Crippen MR) is 93.2 cm³/mol. The summed E-state index contributed by atoms with van der Waals surface area (Å²) < 4.78 is 0. The Balaban J connectivity index is 2.59. The molecule has 0 aliphatic carbocycles. The summed E-state index contributed by atoms with van der Waals surface area (Å²) in [6.07, 6.45) is 2.01. The number of anilines is 1. The first-order chi connectivity index (χ1) is 11.4. The lowest BCUT2D eigenvalue weighted by Crippen LogP contribution is -2.33. The predicted octanol–water partition coefficient (Wildman–Crippen LogP) is 3.06. The Morgan fingerprint density at radius 2 is 1.71 bits per heavy atom. The van der Waals surface area contributed by atoms with Gasteiger partial charge >= 0.3 is 5.97 Å². The number of hydrogen-bond donors (Lipinski definition) is 2. The van der Waals surface area contributed by atoms with Crippen LogP contribution in [0.3, 0.4) is 0 Å². The maximum Gasteiger partial charge on any atom is 0.336 e. The summed E-state index contributed by atoms with van der Waals surface area (Å²) in [4.78, 5) is 37.0. The van der Waals surface area contributed by atoms with Crippen molar-refractivity contribution in [3.8, 4) is 0 Å². The summed E-state index contributed by atoms with van der Waals surface area (Å²) >= 11 is 0. The normalized spacial score (nSPS) is 10.3. The van der Waals surface area contributed by atoms with Gasteiger partial charge in [-0.25, -0.2) is 4.79 Å². The van der Waals surface area contributed by atoms with Crippen molar-refractivity contribution in [3.05, 3.63) is 29.3 Å². The van der Waals surface area contributed by atoms with Gasteiger partial charge in [-0.05, 0) is 37.5 Å². The lowest BCUT2D eigenvalue weighted by atomic mass is 10.1. The van der Waals surface area contributed by atoms with Crippen molar-refractivity contribution in [2.45, 2.75) is 46.5 Å². The van der Waals surface area contributed by atoms with E-state index in [9.17, 15) is 14.4 Å². The molecule has 132 valence electrons. The van der Waals surface area contributed by atoms with Crippen molar-refractivity contribution in [1.82, 2.24) is 4.90 Å². The van der Waals surface area contributed by atoms with E-state index < -0.39 is 5.97 Å². The molecule has 1 rings (SSSR count). The second kappa shape index (κ2) is 9.70. The SMILES string of the molecule is CCCN(CCC)C(=O)CCC(=O)Nc1ccc(C)c(C(=O)O)c1. The molecule has 0 fully saturated rings. The number of nitrogens with zero attached hydrogens (tertiary/aromatic N) is 1. The highest BCUT2D eigenvalue weighted by molar-refractivity contribution is 5.96. The Kier molecular flexibility index (Phi) is 7.95. The average molecular weight is 334 g/mol. The molecule has 0 unspecified atom stereocenters. The summed E-state index contributed by atoms with van der Waals surface area (Å²) in [5.74, 6) is -1.35. The molecule has 0 atom stereocenters. The minimum absolute atomic E-state index is 0.0241. The third-order valence-corrected chi connectivity index (χ3v) is 3.66. The summed E-state index contributed by atoms with van der Waals surface area (Å²) in [6, 6.07) is 4.73. The van der Waals surface area contributed by atoms with E-state index in [-0.39, 0.29) is 30.2 Å². The number of carbonyl (C=O) groups is 3. The Morgan fingerprint density at radius 1 is 1.08 bits per heavy atom. The van der Waals surface area contributed by atoms with E-state index >= 15 is 0 Å². The van der Waals surface area contributed by atoms with Crippen LogP contribution in [0.5, 0.6) is 0 Å². The summed E-state index contributed by atoms with van der Waals surface area (Å²) in [7, 11) is 0. The van der Waals surface area contributed by atoms with E-state index in [0.29, 0.717) is 24.3 Å². The highest BCUT2D eigenvalue weighted by atomic mass is 16.4. The monoisotopic (exact) mass is 334 g/mol. The number of benzene rings is 1. The highest BCUT2D eigenvalue weighted by Crippen LogP contribution is 2.16. The van der Waals surface area contributed by atoms with Gasteiger partial charge < -0.3 is 15.3 Å². The Bertz CT molecular complexity index is 593. The van der Waals surface area contributed by atoms with Gasteiger partial charge in [0.25, 0.3) is 0 Å². The van der Waals surface area contributed by atoms with Crippen molar-refractivity contribution in [1.29, 1.82) is 0 Å². The molecule has 0 aliphatic heterocycles. The van der Waals surface area contributed by atoms with Crippen LogP contribution in [0.1, 0.15) is 55.5 Å². The molecule has 0 spiro atoms. The molecule has 0 radical (unpaired) electrons. The van der Waals surface area contributed by atoms with Crippen LogP contribution in [-0.2, 0) is 9.59 Å². The number of carboxylic acid groups (broad SMARTS) is 1. The molecule has 0 aromatic heterocycles. The molecular weight excluding hydrogens is 308 g/mol. The van der Waals surface area contributed by atoms with Crippen molar-refractivity contribution in [2.24, 2.45) is 0 Å². The van der Waals surface area contributed by atoms with Crippen LogP contribution >= 0.6 is 0 Å². The lowest BCUT2D eigenvalue weighted by Gasteiger charge is -2.21. The summed E-state index contributed by atoms with van der Waals surface area (Å²) in [5.41, 5.74) is 1.21. The molecule has 0 saturated heterocycles. The van der Waals surface area contributed by atoms with E-state index in [1.165, 1.54) is 6.07 Å². The maximum absolute atomic E-state index is 12.1. The number of aryl methyl sites for hydroxylation is 1. The molecular formula is C18H26N2O4. The largest absolute Gasteiger partial charge is 0.478 e. The number of hydrogen-bond acceptors (Lipinski definition) is 3. The van der Waals surface area contributed by atoms with E-state index in [0.717, 1.165) is 12.8 Å². The molecule has 1 aromatic carbocycles. The molecule has 6 nitrogen and oxygen atoms in total. The standard InChI is InChI=1S/C18H26N2O4/c1-4-10-20(11-5-2)17(22)9-8-16(21)19-14-7-6-13(3)15(12-14)18(23)24/h6-7,12H,4-5,8-11H2,1-3H3,(H,19,21)(H,23,24). The van der Waals surface area contributed by atoms with Gasteiger partial charge in [-0.15, -0.1) is 0 Å². The second-order valence-electron chi connectivity index (χ2n) is 5.76. The zero-order chi connectivity index (χ0) is 18.1. The van der Waals surface area contributed by atoms with Crippen LogP contribution in [0.15, 0.2) is 18.2 Å². The minimum atomic E-state index is -1.03. The smallest absolute Gasteiger partial charge is 0.336 e. The van der Waals surface area contributed by atoms with Gasteiger partial charge in [-0.1, -0.05) is 19.9 Å². The molecule has 2 amide bonds.